The number of hydrogen-bond donors (Lipinski definition) is 0. The van der Waals surface area contributed by atoms with Crippen LogP contribution >= 0.6 is 58.8 Å². The zero-order chi connectivity index (χ0) is 12.1. The summed E-state index contributed by atoms with van der Waals surface area (Å²) in [5, 5.41) is 0. The molecule has 0 bridgehead atoms. The van der Waals surface area contributed by atoms with Crippen molar-refractivity contribution in [1.82, 2.24) is 0 Å². The van der Waals surface area contributed by atoms with Crippen molar-refractivity contribution in [2.75, 3.05) is 31.3 Å². The van der Waals surface area contributed by atoms with Gasteiger partial charge in [0.2, 0.25) is 0 Å². The van der Waals surface area contributed by atoms with E-state index >= 15 is 0 Å². The maximum Gasteiger partial charge on any atom is 0.0364 e. The van der Waals surface area contributed by atoms with Gasteiger partial charge in [0.05, 0.1) is 0 Å². The second-order valence-electron chi connectivity index (χ2n) is 2.79. The molecule has 1 aromatic rings. The molecule has 0 unspecified atom stereocenters. The third-order valence-corrected chi connectivity index (χ3v) is 6.47. The topological polar surface area (TPSA) is 0 Å². The summed E-state index contributed by atoms with van der Waals surface area (Å²) in [5.41, 5.74) is 0. The van der Waals surface area contributed by atoms with Gasteiger partial charge < -0.3 is 0 Å². The molecule has 89 valence electrons. The molecule has 0 saturated carbocycles. The molecule has 0 aliphatic rings. The Hall–Kier alpha value is 0.970. The van der Waals surface area contributed by atoms with Crippen LogP contribution in [0.15, 0.2) is 24.5 Å². The van der Waals surface area contributed by atoms with Crippen molar-refractivity contribution >= 4 is 58.8 Å². The number of thioether (sulfide) groups is 5. The highest BCUT2D eigenvalue weighted by molar-refractivity contribution is 8.04. The Morgan fingerprint density at radius 1 is 0.562 bits per heavy atom. The molecule has 0 atom stereocenters. The molecule has 0 aliphatic heterocycles. The minimum Gasteiger partial charge on any atom is -0.128 e. The smallest absolute Gasteiger partial charge is 0.0364 e. The lowest BCUT2D eigenvalue weighted by Gasteiger charge is -2.16. The Balaban J connectivity index is 3.47. The molecule has 1 aromatic carbocycles. The quantitative estimate of drug-likeness (QED) is 0.692. The molecule has 1 radical (unpaired) electrons. The van der Waals surface area contributed by atoms with Crippen LogP contribution in [0.5, 0.6) is 0 Å². The van der Waals surface area contributed by atoms with Gasteiger partial charge in [0.25, 0.3) is 0 Å². The monoisotopic (exact) mass is 307 g/mol. The van der Waals surface area contributed by atoms with E-state index in [1.807, 2.05) is 35.3 Å². The molecule has 0 heterocycles. The van der Waals surface area contributed by atoms with Crippen LogP contribution in [0.2, 0.25) is 0 Å². The van der Waals surface area contributed by atoms with E-state index in [2.05, 4.69) is 37.3 Å². The van der Waals surface area contributed by atoms with Crippen LogP contribution in [0, 0.1) is 6.07 Å². The number of benzene rings is 1. The molecule has 16 heavy (non-hydrogen) atoms. The maximum absolute atomic E-state index is 3.53. The van der Waals surface area contributed by atoms with Crippen LogP contribution in [-0.4, -0.2) is 31.3 Å². The van der Waals surface area contributed by atoms with Gasteiger partial charge in [-0.2, -0.15) is 0 Å². The first-order chi connectivity index (χ1) is 7.73. The summed E-state index contributed by atoms with van der Waals surface area (Å²) in [6.07, 6.45) is 10.7. The fourth-order valence-corrected chi connectivity index (χ4v) is 6.23. The predicted octanol–water partition coefficient (Wildman–Crippen LogP) is 5.10. The molecule has 0 amide bonds. The Bertz CT molecular complexity index is 332. The molecular weight excluding hydrogens is 292 g/mol. The van der Waals surface area contributed by atoms with Gasteiger partial charge in [0.15, 0.2) is 0 Å². The minimum atomic E-state index is 1.28. The van der Waals surface area contributed by atoms with Crippen molar-refractivity contribution in [3.8, 4) is 0 Å². The summed E-state index contributed by atoms with van der Waals surface area (Å²) in [6.45, 7) is 0. The number of rotatable bonds is 5. The third kappa shape index (κ3) is 3.05. The minimum absolute atomic E-state index is 1.28. The van der Waals surface area contributed by atoms with Crippen LogP contribution in [0.3, 0.4) is 0 Å². The molecule has 0 spiro atoms. The lowest BCUT2D eigenvalue weighted by molar-refractivity contribution is 0.960. The average Bonchev–Trinajstić information content (AvgIpc) is 2.35. The summed E-state index contributed by atoms with van der Waals surface area (Å²) < 4.78 is 0. The Morgan fingerprint density at radius 2 is 0.938 bits per heavy atom. The summed E-state index contributed by atoms with van der Waals surface area (Å²) in [6, 6.07) is 3.53. The van der Waals surface area contributed by atoms with Crippen molar-refractivity contribution in [1.29, 1.82) is 0 Å². The lowest BCUT2D eigenvalue weighted by Crippen LogP contribution is -1.90. The Kier molecular flexibility index (Phi) is 6.96. The van der Waals surface area contributed by atoms with Gasteiger partial charge in [-0.3, -0.25) is 0 Å². The summed E-state index contributed by atoms with van der Waals surface area (Å²) in [5.74, 6) is 0. The summed E-state index contributed by atoms with van der Waals surface area (Å²) in [4.78, 5) is 6.72. The van der Waals surface area contributed by atoms with Gasteiger partial charge in [-0.25, -0.2) is 0 Å². The first kappa shape index (κ1) is 15.0. The van der Waals surface area contributed by atoms with Gasteiger partial charge in [-0.1, -0.05) is 0 Å². The van der Waals surface area contributed by atoms with Gasteiger partial charge in [0, 0.05) is 30.5 Å². The van der Waals surface area contributed by atoms with E-state index < -0.39 is 0 Å². The molecule has 0 saturated heterocycles. The van der Waals surface area contributed by atoms with Crippen molar-refractivity contribution in [3.05, 3.63) is 6.07 Å². The third-order valence-electron chi connectivity index (χ3n) is 2.07. The first-order valence-corrected chi connectivity index (χ1v) is 10.7. The largest absolute Gasteiger partial charge is 0.128 e. The highest BCUT2D eigenvalue weighted by atomic mass is 32.2. The van der Waals surface area contributed by atoms with E-state index in [0.717, 1.165) is 0 Å². The highest BCUT2D eigenvalue weighted by Gasteiger charge is 2.16. The molecule has 1 rings (SSSR count). The van der Waals surface area contributed by atoms with Crippen molar-refractivity contribution in [2.24, 2.45) is 0 Å². The van der Waals surface area contributed by atoms with Crippen molar-refractivity contribution in [2.45, 2.75) is 24.5 Å². The summed E-state index contributed by atoms with van der Waals surface area (Å²) in [7, 11) is 0. The van der Waals surface area contributed by atoms with E-state index in [0.29, 0.717) is 0 Å². The van der Waals surface area contributed by atoms with E-state index in [9.17, 15) is 0 Å². The predicted molar refractivity (Wildman–Crippen MR) is 84.2 cm³/mol. The van der Waals surface area contributed by atoms with Crippen LogP contribution in [0.1, 0.15) is 0 Å². The normalized spacial score (nSPS) is 10.8. The SMILES string of the molecule is CSc1[c]c(SC)c(SC)c(SC)c1SC. The van der Waals surface area contributed by atoms with Gasteiger partial charge in [-0.05, 0) is 31.3 Å². The average molecular weight is 308 g/mol. The van der Waals surface area contributed by atoms with Crippen LogP contribution in [-0.2, 0) is 0 Å². The standard InChI is InChI=1S/C11H15S5/c1-12-7-6-8(13-2)10(15-4)11(16-5)9(7)14-3/h1-5H3. The Labute approximate surface area is 120 Å². The van der Waals surface area contributed by atoms with Gasteiger partial charge in [-0.15, -0.1) is 58.8 Å². The van der Waals surface area contributed by atoms with Gasteiger partial charge >= 0.3 is 0 Å². The zero-order valence-electron chi connectivity index (χ0n) is 10.0. The molecule has 0 N–H and O–H groups in total. The van der Waals surface area contributed by atoms with Crippen LogP contribution in [0.25, 0.3) is 0 Å². The summed E-state index contributed by atoms with van der Waals surface area (Å²) >= 11 is 9.06. The van der Waals surface area contributed by atoms with Crippen LogP contribution < -0.4 is 0 Å². The molecular formula is C11H15S5. The fraction of sp³-hybridized carbons (Fsp3) is 0.455. The second-order valence-corrected chi connectivity index (χ2v) is 6.87. The zero-order valence-corrected chi connectivity index (χ0v) is 14.1. The molecule has 0 fully saturated rings. The lowest BCUT2D eigenvalue weighted by atomic mass is 10.3. The van der Waals surface area contributed by atoms with E-state index in [1.54, 1.807) is 23.5 Å². The second kappa shape index (κ2) is 7.41. The van der Waals surface area contributed by atoms with Crippen molar-refractivity contribution < 1.29 is 0 Å². The molecule has 0 aliphatic carbocycles. The first-order valence-electron chi connectivity index (χ1n) is 4.56. The van der Waals surface area contributed by atoms with Crippen molar-refractivity contribution in [3.63, 3.8) is 0 Å². The molecule has 0 aromatic heterocycles. The molecule has 0 nitrogen and oxygen atoms in total. The highest BCUT2D eigenvalue weighted by Crippen LogP contribution is 2.45. The van der Waals surface area contributed by atoms with E-state index in [1.165, 1.54) is 24.5 Å². The van der Waals surface area contributed by atoms with Crippen LogP contribution in [0.4, 0.5) is 0 Å². The fourth-order valence-electron chi connectivity index (χ4n) is 1.37. The van der Waals surface area contributed by atoms with Gasteiger partial charge in [0.1, 0.15) is 0 Å². The maximum atomic E-state index is 3.53. The number of hydrogen-bond acceptors (Lipinski definition) is 5. The Morgan fingerprint density at radius 3 is 1.19 bits per heavy atom. The van der Waals surface area contributed by atoms with E-state index in [-0.39, 0.29) is 0 Å². The van der Waals surface area contributed by atoms with E-state index in [4.69, 9.17) is 0 Å². The molecule has 5 heteroatoms.